The molecular formula is C17H18BrNS. The molecule has 0 heterocycles. The maximum atomic E-state index is 3.64. The van der Waals surface area contributed by atoms with Crippen molar-refractivity contribution in [2.24, 2.45) is 0 Å². The summed E-state index contributed by atoms with van der Waals surface area (Å²) in [6.07, 6.45) is 4.57. The van der Waals surface area contributed by atoms with Gasteiger partial charge in [-0.15, -0.1) is 11.8 Å². The molecule has 0 atom stereocenters. The van der Waals surface area contributed by atoms with Crippen molar-refractivity contribution in [3.63, 3.8) is 0 Å². The highest BCUT2D eigenvalue weighted by molar-refractivity contribution is 9.10. The minimum absolute atomic E-state index is 0.612. The zero-order chi connectivity index (χ0) is 13.9. The third kappa shape index (κ3) is 3.21. The fourth-order valence-electron chi connectivity index (χ4n) is 2.69. The highest BCUT2D eigenvalue weighted by atomic mass is 79.9. The summed E-state index contributed by atoms with van der Waals surface area (Å²) < 4.78 is 1.16. The van der Waals surface area contributed by atoms with E-state index >= 15 is 0 Å². The smallest absolute Gasteiger partial charge is 0.0353 e. The molecule has 1 aliphatic rings. The van der Waals surface area contributed by atoms with Gasteiger partial charge >= 0.3 is 0 Å². The molecule has 1 N–H and O–H groups in total. The van der Waals surface area contributed by atoms with E-state index in [9.17, 15) is 0 Å². The molecule has 2 aromatic rings. The van der Waals surface area contributed by atoms with Crippen molar-refractivity contribution >= 4 is 33.4 Å². The highest BCUT2D eigenvalue weighted by Gasteiger charge is 2.30. The molecule has 0 spiro atoms. The molecule has 20 heavy (non-hydrogen) atoms. The Balaban J connectivity index is 1.56. The van der Waals surface area contributed by atoms with Crippen molar-refractivity contribution < 1.29 is 0 Å². The van der Waals surface area contributed by atoms with Crippen LogP contribution in [-0.4, -0.2) is 12.3 Å². The summed E-state index contributed by atoms with van der Waals surface area (Å²) in [5.74, 6) is 0.712. The zero-order valence-electron chi connectivity index (χ0n) is 11.5. The molecule has 1 fully saturated rings. The van der Waals surface area contributed by atoms with Gasteiger partial charge in [0.1, 0.15) is 0 Å². The van der Waals surface area contributed by atoms with Gasteiger partial charge in [-0.25, -0.2) is 0 Å². The van der Waals surface area contributed by atoms with Crippen molar-refractivity contribution in [2.45, 2.75) is 29.7 Å². The van der Waals surface area contributed by atoms with Gasteiger partial charge < -0.3 is 5.32 Å². The summed E-state index contributed by atoms with van der Waals surface area (Å²) in [4.78, 5) is 1.32. The second kappa shape index (κ2) is 6.23. The molecule has 0 radical (unpaired) electrons. The number of thioether (sulfide) groups is 1. The van der Waals surface area contributed by atoms with Crippen LogP contribution in [0.2, 0.25) is 0 Å². The molecule has 2 aromatic carbocycles. The predicted molar refractivity (Wildman–Crippen MR) is 91.8 cm³/mol. The Bertz CT molecular complexity index is 576. The highest BCUT2D eigenvalue weighted by Crippen LogP contribution is 2.39. The van der Waals surface area contributed by atoms with Gasteiger partial charge in [-0.3, -0.25) is 0 Å². The number of hydrogen-bond acceptors (Lipinski definition) is 2. The lowest BCUT2D eigenvalue weighted by Gasteiger charge is -2.37. The van der Waals surface area contributed by atoms with Gasteiger partial charge in [0.15, 0.2) is 0 Å². The van der Waals surface area contributed by atoms with Crippen LogP contribution in [0, 0.1) is 0 Å². The number of nitrogens with one attached hydrogen (secondary N) is 1. The fraction of sp³-hybridized carbons (Fsp3) is 0.294. The summed E-state index contributed by atoms with van der Waals surface area (Å²) in [5.41, 5.74) is 2.71. The van der Waals surface area contributed by atoms with E-state index in [0.717, 1.165) is 4.47 Å². The Morgan fingerprint density at radius 2 is 1.85 bits per heavy atom. The lowest BCUT2D eigenvalue weighted by molar-refractivity contribution is 0.374. The summed E-state index contributed by atoms with van der Waals surface area (Å²) in [6, 6.07) is 18.0. The summed E-state index contributed by atoms with van der Waals surface area (Å²) in [5, 5.41) is 3.64. The van der Waals surface area contributed by atoms with Crippen molar-refractivity contribution in [2.75, 3.05) is 11.6 Å². The van der Waals surface area contributed by atoms with Crippen molar-refractivity contribution in [3.8, 4) is 0 Å². The van der Waals surface area contributed by atoms with E-state index in [4.69, 9.17) is 0 Å². The second-order valence-corrected chi connectivity index (χ2v) is 7.09. The van der Waals surface area contributed by atoms with E-state index in [2.05, 4.69) is 76.0 Å². The molecule has 0 aromatic heterocycles. The van der Waals surface area contributed by atoms with E-state index in [0.29, 0.717) is 12.0 Å². The third-order valence-corrected chi connectivity index (χ3v) is 5.17. The van der Waals surface area contributed by atoms with Crippen LogP contribution in [0.5, 0.6) is 0 Å². The van der Waals surface area contributed by atoms with Crippen LogP contribution in [0.4, 0.5) is 5.69 Å². The molecule has 3 heteroatoms. The van der Waals surface area contributed by atoms with Gasteiger partial charge in [0, 0.05) is 21.1 Å². The molecule has 1 nitrogen and oxygen atoms in total. The SMILES string of the molecule is CSc1cccc(NC2CC(c3ccc(Br)cc3)C2)c1. The molecule has 0 saturated heterocycles. The minimum Gasteiger partial charge on any atom is -0.382 e. The van der Waals surface area contributed by atoms with Gasteiger partial charge in [0.2, 0.25) is 0 Å². The van der Waals surface area contributed by atoms with Crippen LogP contribution in [0.15, 0.2) is 57.9 Å². The molecule has 0 bridgehead atoms. The molecule has 104 valence electrons. The van der Waals surface area contributed by atoms with Crippen LogP contribution in [0.25, 0.3) is 0 Å². The number of halogens is 1. The maximum absolute atomic E-state index is 3.64. The topological polar surface area (TPSA) is 12.0 Å². The molecule has 3 rings (SSSR count). The van der Waals surface area contributed by atoms with Gasteiger partial charge in [-0.1, -0.05) is 34.1 Å². The fourth-order valence-corrected chi connectivity index (χ4v) is 3.42. The molecule has 1 aliphatic carbocycles. The van der Waals surface area contributed by atoms with Crippen molar-refractivity contribution in [3.05, 3.63) is 58.6 Å². The summed E-state index contributed by atoms with van der Waals surface area (Å²) in [6.45, 7) is 0. The lowest BCUT2D eigenvalue weighted by Crippen LogP contribution is -2.33. The van der Waals surface area contributed by atoms with E-state index in [-0.39, 0.29) is 0 Å². The number of hydrogen-bond donors (Lipinski definition) is 1. The number of benzene rings is 2. The first-order chi connectivity index (χ1) is 9.74. The monoisotopic (exact) mass is 347 g/mol. The predicted octanol–water partition coefficient (Wildman–Crippen LogP) is 5.53. The molecule has 0 aliphatic heterocycles. The van der Waals surface area contributed by atoms with Crippen molar-refractivity contribution in [1.82, 2.24) is 0 Å². The van der Waals surface area contributed by atoms with Gasteiger partial charge in [-0.05, 0) is 60.9 Å². The van der Waals surface area contributed by atoms with Crippen LogP contribution in [-0.2, 0) is 0 Å². The lowest BCUT2D eigenvalue weighted by atomic mass is 9.76. The first kappa shape index (κ1) is 14.0. The van der Waals surface area contributed by atoms with Gasteiger partial charge in [0.05, 0.1) is 0 Å². The quantitative estimate of drug-likeness (QED) is 0.729. The summed E-state index contributed by atoms with van der Waals surface area (Å²) >= 11 is 5.28. The van der Waals surface area contributed by atoms with E-state index < -0.39 is 0 Å². The van der Waals surface area contributed by atoms with E-state index in [1.54, 1.807) is 11.8 Å². The van der Waals surface area contributed by atoms with Crippen molar-refractivity contribution in [1.29, 1.82) is 0 Å². The standard InChI is InChI=1S/C17H18BrNS/c1-20-17-4-2-3-15(11-17)19-16-9-13(10-16)12-5-7-14(18)8-6-12/h2-8,11,13,16,19H,9-10H2,1H3. The van der Waals surface area contributed by atoms with Crippen LogP contribution >= 0.6 is 27.7 Å². The maximum Gasteiger partial charge on any atom is 0.0353 e. The van der Waals surface area contributed by atoms with Gasteiger partial charge in [-0.2, -0.15) is 0 Å². The van der Waals surface area contributed by atoms with Gasteiger partial charge in [0.25, 0.3) is 0 Å². The number of anilines is 1. The molecule has 0 amide bonds. The van der Waals surface area contributed by atoms with Crippen LogP contribution in [0.1, 0.15) is 24.3 Å². The molecule has 0 unspecified atom stereocenters. The Kier molecular flexibility index (Phi) is 4.37. The van der Waals surface area contributed by atoms with E-state index in [1.807, 2.05) is 0 Å². The van der Waals surface area contributed by atoms with Crippen LogP contribution < -0.4 is 5.32 Å². The number of rotatable bonds is 4. The Morgan fingerprint density at radius 1 is 1.10 bits per heavy atom. The Labute approximate surface area is 133 Å². The Hall–Kier alpha value is -0.930. The molecule has 1 saturated carbocycles. The normalized spacial score (nSPS) is 21.3. The van der Waals surface area contributed by atoms with Crippen LogP contribution in [0.3, 0.4) is 0 Å². The average Bonchev–Trinajstić information content (AvgIpc) is 2.44. The van der Waals surface area contributed by atoms with E-state index in [1.165, 1.54) is 29.0 Å². The average molecular weight is 348 g/mol. The minimum atomic E-state index is 0.612. The summed E-state index contributed by atoms with van der Waals surface area (Å²) in [7, 11) is 0. The first-order valence-electron chi connectivity index (χ1n) is 6.90. The Morgan fingerprint density at radius 3 is 2.55 bits per heavy atom. The third-order valence-electron chi connectivity index (χ3n) is 3.92. The largest absolute Gasteiger partial charge is 0.382 e. The first-order valence-corrected chi connectivity index (χ1v) is 8.92. The molecular weight excluding hydrogens is 330 g/mol. The zero-order valence-corrected chi connectivity index (χ0v) is 13.9. The second-order valence-electron chi connectivity index (χ2n) is 5.29.